The lowest BCUT2D eigenvalue weighted by Crippen LogP contribution is -2.11. The van der Waals surface area contributed by atoms with Crippen LogP contribution >= 0.6 is 11.6 Å². The molecule has 2 aromatic rings. The van der Waals surface area contributed by atoms with Crippen molar-refractivity contribution < 1.29 is 0 Å². The van der Waals surface area contributed by atoms with E-state index in [0.29, 0.717) is 0 Å². The highest BCUT2D eigenvalue weighted by Gasteiger charge is 1.92. The molecule has 0 radical (unpaired) electrons. The van der Waals surface area contributed by atoms with Crippen LogP contribution in [0.5, 0.6) is 0 Å². The number of nitrogens with zero attached hydrogens (tertiary/aromatic N) is 1. The molecule has 4 heteroatoms. The normalized spacial score (nSPS) is 10.2. The molecule has 17 heavy (non-hydrogen) atoms. The summed E-state index contributed by atoms with van der Waals surface area (Å²) in [6.07, 6.45) is 3.57. The molecule has 1 heterocycles. The van der Waals surface area contributed by atoms with Gasteiger partial charge in [0.25, 0.3) is 0 Å². The second kappa shape index (κ2) is 5.55. The van der Waals surface area contributed by atoms with Gasteiger partial charge in [0.15, 0.2) is 5.43 Å². The van der Waals surface area contributed by atoms with Gasteiger partial charge in [0, 0.05) is 48.3 Å². The molecule has 0 saturated carbocycles. The van der Waals surface area contributed by atoms with Gasteiger partial charge >= 0.3 is 0 Å². The maximum Gasteiger partial charge on any atom is 0.181 e. The first-order valence-electron chi connectivity index (χ1n) is 5.39. The molecule has 2 rings (SSSR count). The summed E-state index contributed by atoms with van der Waals surface area (Å²) in [5.41, 5.74) is 1.07. The van der Waals surface area contributed by atoms with Crippen LogP contribution < -0.4 is 10.7 Å². The molecule has 0 unspecified atom stereocenters. The predicted octanol–water partition coefficient (Wildman–Crippen LogP) is 2.61. The average Bonchev–Trinajstić information content (AvgIpc) is 2.34. The lowest BCUT2D eigenvalue weighted by molar-refractivity contribution is 0.721. The topological polar surface area (TPSA) is 34.0 Å². The quantitative estimate of drug-likeness (QED) is 0.903. The fraction of sp³-hybridized carbons (Fsp3) is 0.154. The van der Waals surface area contributed by atoms with Crippen molar-refractivity contribution >= 4 is 17.3 Å². The zero-order chi connectivity index (χ0) is 12.1. The van der Waals surface area contributed by atoms with Gasteiger partial charge in [-0.3, -0.25) is 4.79 Å². The summed E-state index contributed by atoms with van der Waals surface area (Å²) in [5, 5.41) is 4.01. The molecule has 3 nitrogen and oxygen atoms in total. The van der Waals surface area contributed by atoms with Gasteiger partial charge in [0.05, 0.1) is 0 Å². The van der Waals surface area contributed by atoms with Crippen LogP contribution in [0.2, 0.25) is 5.02 Å². The summed E-state index contributed by atoms with van der Waals surface area (Å²) in [6, 6.07) is 10.7. The zero-order valence-corrected chi connectivity index (χ0v) is 10.0. The van der Waals surface area contributed by atoms with E-state index in [1.807, 2.05) is 28.8 Å². The Hall–Kier alpha value is -1.74. The number of nitrogens with one attached hydrogen (secondary N) is 1. The SMILES string of the molecule is O=c1ccn(CCNc2ccc(Cl)cc2)cc1. The Bertz CT molecular complexity index is 513. The molecular weight excluding hydrogens is 236 g/mol. The van der Waals surface area contributed by atoms with E-state index in [-0.39, 0.29) is 5.43 Å². The molecule has 1 N–H and O–H groups in total. The summed E-state index contributed by atoms with van der Waals surface area (Å²) in [6.45, 7) is 1.60. The molecule has 0 bridgehead atoms. The number of hydrogen-bond donors (Lipinski definition) is 1. The fourth-order valence-electron chi connectivity index (χ4n) is 1.49. The molecule has 0 spiro atoms. The summed E-state index contributed by atoms with van der Waals surface area (Å²) >= 11 is 5.79. The first-order chi connectivity index (χ1) is 8.24. The number of aromatic nitrogens is 1. The van der Waals surface area contributed by atoms with Crippen LogP contribution in [0.4, 0.5) is 5.69 Å². The molecule has 0 aliphatic carbocycles. The van der Waals surface area contributed by atoms with Gasteiger partial charge in [0.2, 0.25) is 0 Å². The average molecular weight is 249 g/mol. The van der Waals surface area contributed by atoms with Crippen molar-refractivity contribution in [3.05, 3.63) is 64.0 Å². The van der Waals surface area contributed by atoms with Gasteiger partial charge in [-0.15, -0.1) is 0 Å². The van der Waals surface area contributed by atoms with E-state index in [0.717, 1.165) is 23.8 Å². The van der Waals surface area contributed by atoms with E-state index >= 15 is 0 Å². The van der Waals surface area contributed by atoms with Crippen molar-refractivity contribution in [2.75, 3.05) is 11.9 Å². The van der Waals surface area contributed by atoms with Crippen LogP contribution in [0.1, 0.15) is 0 Å². The number of pyridine rings is 1. The monoisotopic (exact) mass is 248 g/mol. The van der Waals surface area contributed by atoms with Gasteiger partial charge in [0.1, 0.15) is 0 Å². The van der Waals surface area contributed by atoms with E-state index in [2.05, 4.69) is 5.32 Å². The molecule has 0 atom stereocenters. The van der Waals surface area contributed by atoms with Gasteiger partial charge in [-0.05, 0) is 24.3 Å². The van der Waals surface area contributed by atoms with Crippen LogP contribution in [0.25, 0.3) is 0 Å². The minimum Gasteiger partial charge on any atom is -0.383 e. The molecular formula is C13H13ClN2O. The van der Waals surface area contributed by atoms with Crippen LogP contribution in [-0.2, 0) is 6.54 Å². The smallest absolute Gasteiger partial charge is 0.181 e. The molecule has 0 aliphatic heterocycles. The minimum absolute atomic E-state index is 0.0342. The fourth-order valence-corrected chi connectivity index (χ4v) is 1.62. The Balaban J connectivity index is 1.85. The Morgan fingerprint density at radius 1 is 1.06 bits per heavy atom. The molecule has 1 aromatic carbocycles. The Morgan fingerprint density at radius 3 is 2.35 bits per heavy atom. The largest absolute Gasteiger partial charge is 0.383 e. The molecule has 88 valence electrons. The summed E-state index contributed by atoms with van der Waals surface area (Å²) in [7, 11) is 0. The van der Waals surface area contributed by atoms with Crippen molar-refractivity contribution in [1.29, 1.82) is 0 Å². The first-order valence-corrected chi connectivity index (χ1v) is 5.77. The van der Waals surface area contributed by atoms with Crippen molar-refractivity contribution in [3.63, 3.8) is 0 Å². The Labute approximate surface area is 105 Å². The second-order valence-electron chi connectivity index (χ2n) is 3.71. The molecule has 0 amide bonds. The van der Waals surface area contributed by atoms with Crippen LogP contribution in [0.3, 0.4) is 0 Å². The van der Waals surface area contributed by atoms with Crippen molar-refractivity contribution in [2.45, 2.75) is 6.54 Å². The van der Waals surface area contributed by atoms with Crippen molar-refractivity contribution in [2.24, 2.45) is 0 Å². The maximum absolute atomic E-state index is 10.9. The third-order valence-corrected chi connectivity index (χ3v) is 2.66. The van der Waals surface area contributed by atoms with E-state index in [9.17, 15) is 4.79 Å². The molecule has 0 aliphatic rings. The van der Waals surface area contributed by atoms with E-state index in [1.165, 1.54) is 0 Å². The number of benzene rings is 1. The van der Waals surface area contributed by atoms with Crippen LogP contribution in [-0.4, -0.2) is 11.1 Å². The molecule has 0 saturated heterocycles. The van der Waals surface area contributed by atoms with Crippen molar-refractivity contribution in [1.82, 2.24) is 4.57 Å². The van der Waals surface area contributed by atoms with E-state index < -0.39 is 0 Å². The van der Waals surface area contributed by atoms with Gasteiger partial charge in [-0.2, -0.15) is 0 Å². The third kappa shape index (κ3) is 3.64. The Morgan fingerprint density at radius 2 is 1.71 bits per heavy atom. The minimum atomic E-state index is 0.0342. The standard InChI is InChI=1S/C13H13ClN2O/c14-11-1-3-12(4-2-11)15-7-10-16-8-5-13(17)6-9-16/h1-6,8-9,15H,7,10H2. The van der Waals surface area contributed by atoms with Gasteiger partial charge in [-0.1, -0.05) is 11.6 Å². The number of rotatable bonds is 4. The number of hydrogen-bond acceptors (Lipinski definition) is 2. The highest BCUT2D eigenvalue weighted by Crippen LogP contribution is 2.12. The predicted molar refractivity (Wildman–Crippen MR) is 70.6 cm³/mol. The van der Waals surface area contributed by atoms with Crippen LogP contribution in [0, 0.1) is 0 Å². The summed E-state index contributed by atoms with van der Waals surface area (Å²) in [5.74, 6) is 0. The van der Waals surface area contributed by atoms with E-state index in [1.54, 1.807) is 24.5 Å². The second-order valence-corrected chi connectivity index (χ2v) is 4.14. The molecule has 1 aromatic heterocycles. The molecule has 0 fully saturated rings. The highest BCUT2D eigenvalue weighted by molar-refractivity contribution is 6.30. The van der Waals surface area contributed by atoms with Gasteiger partial charge in [-0.25, -0.2) is 0 Å². The van der Waals surface area contributed by atoms with Gasteiger partial charge < -0.3 is 9.88 Å². The lowest BCUT2D eigenvalue weighted by atomic mass is 10.3. The van der Waals surface area contributed by atoms with Crippen LogP contribution in [0.15, 0.2) is 53.6 Å². The summed E-state index contributed by atoms with van der Waals surface area (Å²) in [4.78, 5) is 10.9. The number of anilines is 1. The maximum atomic E-state index is 10.9. The van der Waals surface area contributed by atoms with E-state index in [4.69, 9.17) is 11.6 Å². The number of halogens is 1. The van der Waals surface area contributed by atoms with Crippen molar-refractivity contribution in [3.8, 4) is 0 Å². The Kier molecular flexibility index (Phi) is 3.83. The third-order valence-electron chi connectivity index (χ3n) is 2.40. The lowest BCUT2D eigenvalue weighted by Gasteiger charge is -2.08. The first kappa shape index (κ1) is 11.7. The summed E-state index contributed by atoms with van der Waals surface area (Å²) < 4.78 is 1.96. The highest BCUT2D eigenvalue weighted by atomic mass is 35.5. The zero-order valence-electron chi connectivity index (χ0n) is 9.27.